The third kappa shape index (κ3) is 2.89. The smallest absolute Gasteiger partial charge is 0.0739 e. The number of nitrogen functional groups attached to an aromatic ring is 1. The minimum atomic E-state index is 0.128. The lowest BCUT2D eigenvalue weighted by Crippen LogP contribution is -2.08. The van der Waals surface area contributed by atoms with Crippen LogP contribution in [0.2, 0.25) is 10.0 Å². The molecule has 2 rings (SSSR count). The van der Waals surface area contributed by atoms with Crippen LogP contribution < -0.4 is 11.1 Å². The van der Waals surface area contributed by atoms with E-state index in [1.54, 1.807) is 6.07 Å². The molecule has 1 unspecified atom stereocenters. The molecule has 0 aliphatic carbocycles. The number of anilines is 2. The molecular formula is C14H14Cl2N2. The zero-order valence-electron chi connectivity index (χ0n) is 9.95. The highest BCUT2D eigenvalue weighted by Crippen LogP contribution is 2.30. The van der Waals surface area contributed by atoms with Gasteiger partial charge in [0.2, 0.25) is 0 Å². The van der Waals surface area contributed by atoms with E-state index < -0.39 is 0 Å². The highest BCUT2D eigenvalue weighted by Gasteiger charge is 2.08. The Morgan fingerprint density at radius 1 is 1.06 bits per heavy atom. The molecule has 18 heavy (non-hydrogen) atoms. The van der Waals surface area contributed by atoms with Gasteiger partial charge in [0.05, 0.1) is 16.4 Å². The van der Waals surface area contributed by atoms with E-state index in [1.165, 1.54) is 0 Å². The maximum absolute atomic E-state index is 5.98. The molecule has 4 heteroatoms. The molecule has 0 saturated heterocycles. The third-order valence-corrected chi connectivity index (χ3v) is 3.38. The molecule has 0 radical (unpaired) electrons. The number of benzene rings is 2. The van der Waals surface area contributed by atoms with Crippen LogP contribution in [0.4, 0.5) is 11.4 Å². The van der Waals surface area contributed by atoms with Gasteiger partial charge in [0.15, 0.2) is 0 Å². The Morgan fingerprint density at radius 3 is 2.39 bits per heavy atom. The lowest BCUT2D eigenvalue weighted by atomic mass is 10.1. The van der Waals surface area contributed by atoms with Crippen molar-refractivity contribution in [2.24, 2.45) is 0 Å². The number of hydrogen-bond donors (Lipinski definition) is 2. The first kappa shape index (κ1) is 13.1. The second-order valence-electron chi connectivity index (χ2n) is 4.12. The molecule has 0 aliphatic heterocycles. The number of nitrogens with one attached hydrogen (secondary N) is 1. The van der Waals surface area contributed by atoms with Crippen molar-refractivity contribution >= 4 is 34.6 Å². The van der Waals surface area contributed by atoms with Gasteiger partial charge in [-0.05, 0) is 36.8 Å². The number of rotatable bonds is 3. The van der Waals surface area contributed by atoms with E-state index in [4.69, 9.17) is 28.9 Å². The maximum atomic E-state index is 5.98. The van der Waals surface area contributed by atoms with Gasteiger partial charge in [-0.1, -0.05) is 41.4 Å². The first-order valence-electron chi connectivity index (χ1n) is 5.64. The molecule has 0 spiro atoms. The standard InChI is InChI=1S/C14H14Cl2N2/c1-9(10-5-7-11(15)8-6-10)18-13-4-2-3-12(16)14(13)17/h2-9,18H,17H2,1H3. The second-order valence-corrected chi connectivity index (χ2v) is 4.96. The number of hydrogen-bond acceptors (Lipinski definition) is 2. The minimum absolute atomic E-state index is 0.128. The van der Waals surface area contributed by atoms with Crippen LogP contribution in [0.5, 0.6) is 0 Å². The summed E-state index contributed by atoms with van der Waals surface area (Å²) in [7, 11) is 0. The quantitative estimate of drug-likeness (QED) is 0.797. The Hall–Kier alpha value is -1.38. The van der Waals surface area contributed by atoms with Gasteiger partial charge in [-0.15, -0.1) is 0 Å². The van der Waals surface area contributed by atoms with Gasteiger partial charge in [-0.25, -0.2) is 0 Å². The predicted octanol–water partition coefficient (Wildman–Crippen LogP) is 4.75. The molecule has 0 aliphatic rings. The van der Waals surface area contributed by atoms with Gasteiger partial charge in [-0.2, -0.15) is 0 Å². The van der Waals surface area contributed by atoms with E-state index in [1.807, 2.05) is 36.4 Å². The van der Waals surface area contributed by atoms with Gasteiger partial charge in [-0.3, -0.25) is 0 Å². The maximum Gasteiger partial charge on any atom is 0.0739 e. The van der Waals surface area contributed by atoms with Crippen LogP contribution in [0.25, 0.3) is 0 Å². The zero-order valence-corrected chi connectivity index (χ0v) is 11.5. The molecule has 0 fully saturated rings. The summed E-state index contributed by atoms with van der Waals surface area (Å²) in [6.45, 7) is 2.06. The summed E-state index contributed by atoms with van der Waals surface area (Å²) in [6.07, 6.45) is 0. The van der Waals surface area contributed by atoms with E-state index in [0.29, 0.717) is 10.7 Å². The molecule has 0 amide bonds. The third-order valence-electron chi connectivity index (χ3n) is 2.79. The van der Waals surface area contributed by atoms with Crippen molar-refractivity contribution in [2.75, 3.05) is 11.1 Å². The number of para-hydroxylation sites is 1. The van der Waals surface area contributed by atoms with Crippen LogP contribution >= 0.6 is 23.2 Å². The first-order chi connectivity index (χ1) is 8.58. The Labute approximate surface area is 117 Å². The molecule has 0 bridgehead atoms. The summed E-state index contributed by atoms with van der Waals surface area (Å²) in [5.74, 6) is 0. The lowest BCUT2D eigenvalue weighted by Gasteiger charge is -2.17. The molecule has 0 aromatic heterocycles. The molecule has 1 atom stereocenters. The van der Waals surface area contributed by atoms with Gasteiger partial charge in [0, 0.05) is 11.1 Å². The minimum Gasteiger partial charge on any atom is -0.396 e. The lowest BCUT2D eigenvalue weighted by molar-refractivity contribution is 0.885. The van der Waals surface area contributed by atoms with Crippen molar-refractivity contribution in [3.05, 3.63) is 58.1 Å². The van der Waals surface area contributed by atoms with Crippen molar-refractivity contribution in [2.45, 2.75) is 13.0 Å². The predicted molar refractivity (Wildman–Crippen MR) is 79.4 cm³/mol. The highest BCUT2D eigenvalue weighted by atomic mass is 35.5. The summed E-state index contributed by atoms with van der Waals surface area (Å²) < 4.78 is 0. The zero-order chi connectivity index (χ0) is 13.1. The van der Waals surface area contributed by atoms with Gasteiger partial charge >= 0.3 is 0 Å². The van der Waals surface area contributed by atoms with Gasteiger partial charge in [0.1, 0.15) is 0 Å². The van der Waals surface area contributed by atoms with E-state index in [-0.39, 0.29) is 6.04 Å². The van der Waals surface area contributed by atoms with Crippen LogP contribution in [0.1, 0.15) is 18.5 Å². The average Bonchev–Trinajstić information content (AvgIpc) is 2.36. The molecular weight excluding hydrogens is 267 g/mol. The summed E-state index contributed by atoms with van der Waals surface area (Å²) in [4.78, 5) is 0. The fraction of sp³-hybridized carbons (Fsp3) is 0.143. The van der Waals surface area contributed by atoms with Crippen molar-refractivity contribution < 1.29 is 0 Å². The summed E-state index contributed by atoms with van der Waals surface area (Å²) in [6, 6.07) is 13.4. The second kappa shape index (κ2) is 5.51. The largest absolute Gasteiger partial charge is 0.396 e. The Morgan fingerprint density at radius 2 is 1.72 bits per heavy atom. The van der Waals surface area contributed by atoms with Gasteiger partial charge < -0.3 is 11.1 Å². The SMILES string of the molecule is CC(Nc1cccc(Cl)c1N)c1ccc(Cl)cc1. The Balaban J connectivity index is 2.18. The fourth-order valence-corrected chi connectivity index (χ4v) is 2.03. The van der Waals surface area contributed by atoms with Crippen molar-refractivity contribution in [3.8, 4) is 0 Å². The number of nitrogens with two attached hydrogens (primary N) is 1. The van der Waals surface area contributed by atoms with E-state index in [0.717, 1.165) is 16.3 Å². The molecule has 3 N–H and O–H groups in total. The highest BCUT2D eigenvalue weighted by molar-refractivity contribution is 6.33. The van der Waals surface area contributed by atoms with E-state index in [2.05, 4.69) is 12.2 Å². The monoisotopic (exact) mass is 280 g/mol. The molecule has 0 heterocycles. The van der Waals surface area contributed by atoms with Crippen molar-refractivity contribution in [1.82, 2.24) is 0 Å². The van der Waals surface area contributed by atoms with Crippen LogP contribution in [0, 0.1) is 0 Å². The van der Waals surface area contributed by atoms with Gasteiger partial charge in [0.25, 0.3) is 0 Å². The summed E-state index contributed by atoms with van der Waals surface area (Å²) >= 11 is 11.8. The molecule has 0 saturated carbocycles. The summed E-state index contributed by atoms with van der Waals surface area (Å²) in [5.41, 5.74) is 8.46. The van der Waals surface area contributed by atoms with Crippen molar-refractivity contribution in [3.63, 3.8) is 0 Å². The number of halogens is 2. The van der Waals surface area contributed by atoms with Crippen LogP contribution in [0.3, 0.4) is 0 Å². The normalized spacial score (nSPS) is 12.2. The molecule has 94 valence electrons. The van der Waals surface area contributed by atoms with Crippen LogP contribution in [-0.4, -0.2) is 0 Å². The Bertz CT molecular complexity index is 538. The van der Waals surface area contributed by atoms with Crippen LogP contribution in [0.15, 0.2) is 42.5 Å². The molecule has 2 nitrogen and oxygen atoms in total. The fourth-order valence-electron chi connectivity index (χ4n) is 1.73. The average molecular weight is 281 g/mol. The summed E-state index contributed by atoms with van der Waals surface area (Å²) in [5, 5.41) is 4.62. The van der Waals surface area contributed by atoms with E-state index >= 15 is 0 Å². The van der Waals surface area contributed by atoms with Crippen LogP contribution in [-0.2, 0) is 0 Å². The topological polar surface area (TPSA) is 38.0 Å². The first-order valence-corrected chi connectivity index (χ1v) is 6.39. The van der Waals surface area contributed by atoms with Crippen molar-refractivity contribution in [1.29, 1.82) is 0 Å². The molecule has 2 aromatic rings. The van der Waals surface area contributed by atoms with E-state index in [9.17, 15) is 0 Å². The molecule has 2 aromatic carbocycles. The Kier molecular flexibility index (Phi) is 4.00.